The summed E-state index contributed by atoms with van der Waals surface area (Å²) in [4.78, 5) is 0. The van der Waals surface area contributed by atoms with E-state index in [0.717, 1.165) is 15.6 Å². The maximum atomic E-state index is 13.0. The van der Waals surface area contributed by atoms with Gasteiger partial charge in [0.15, 0.2) is 0 Å². The summed E-state index contributed by atoms with van der Waals surface area (Å²) in [6.07, 6.45) is 0.456. The molecule has 0 bridgehead atoms. The molecule has 0 fully saturated rings. The van der Waals surface area contributed by atoms with E-state index < -0.39 is 11.9 Å². The molecular weight excluding hydrogens is 331 g/mol. The van der Waals surface area contributed by atoms with Crippen LogP contribution in [0, 0.1) is 5.82 Å². The first-order chi connectivity index (χ1) is 9.06. The van der Waals surface area contributed by atoms with Gasteiger partial charge in [0.05, 0.1) is 11.1 Å². The molecule has 1 nitrogen and oxygen atoms in total. The lowest BCUT2D eigenvalue weighted by Crippen LogP contribution is -2.14. The van der Waals surface area contributed by atoms with Gasteiger partial charge in [0, 0.05) is 4.47 Å². The van der Waals surface area contributed by atoms with Gasteiger partial charge in [0.25, 0.3) is 0 Å². The Labute approximate surface area is 125 Å². The van der Waals surface area contributed by atoms with E-state index in [1.807, 2.05) is 24.3 Å². The van der Waals surface area contributed by atoms with E-state index in [1.165, 1.54) is 6.07 Å². The molecule has 1 atom stereocenters. The Morgan fingerprint density at radius 3 is 2.58 bits per heavy atom. The molecule has 0 amide bonds. The summed E-state index contributed by atoms with van der Waals surface area (Å²) >= 11 is 9.17. The molecule has 2 aromatic carbocycles. The summed E-state index contributed by atoms with van der Waals surface area (Å²) in [6, 6.07) is 12.3. The Morgan fingerprint density at radius 1 is 1.16 bits per heavy atom. The highest BCUT2D eigenvalue weighted by Gasteiger charge is 2.10. The molecule has 0 heterocycles. The molecule has 0 aliphatic rings. The molecule has 0 aliphatic carbocycles. The summed E-state index contributed by atoms with van der Waals surface area (Å²) in [5.74, 6) is -0.439. The van der Waals surface area contributed by atoms with Gasteiger partial charge in [-0.25, -0.2) is 4.39 Å². The van der Waals surface area contributed by atoms with Crippen LogP contribution in [-0.2, 0) is 12.8 Å². The topological polar surface area (TPSA) is 20.2 Å². The van der Waals surface area contributed by atoms with Crippen LogP contribution >= 0.6 is 27.5 Å². The molecule has 0 saturated heterocycles. The van der Waals surface area contributed by atoms with Crippen molar-refractivity contribution in [3.05, 3.63) is 68.9 Å². The summed E-state index contributed by atoms with van der Waals surface area (Å²) in [5, 5.41) is 10.2. The van der Waals surface area contributed by atoms with Crippen molar-refractivity contribution in [2.24, 2.45) is 0 Å². The van der Waals surface area contributed by atoms with Crippen molar-refractivity contribution < 1.29 is 9.50 Å². The first-order valence-electron chi connectivity index (χ1n) is 5.91. The van der Waals surface area contributed by atoms with Crippen LogP contribution < -0.4 is 0 Å². The molecular formula is C15H13BrClFO. The Morgan fingerprint density at radius 2 is 1.89 bits per heavy atom. The molecule has 19 heavy (non-hydrogen) atoms. The van der Waals surface area contributed by atoms with Crippen LogP contribution in [-0.4, -0.2) is 11.2 Å². The lowest BCUT2D eigenvalue weighted by Gasteiger charge is -2.12. The predicted molar refractivity (Wildman–Crippen MR) is 79.0 cm³/mol. The smallest absolute Gasteiger partial charge is 0.141 e. The number of rotatable bonds is 4. The Kier molecular flexibility index (Phi) is 4.97. The fourth-order valence-electron chi connectivity index (χ4n) is 1.93. The summed E-state index contributed by atoms with van der Waals surface area (Å²) < 4.78 is 14.0. The van der Waals surface area contributed by atoms with Crippen molar-refractivity contribution in [3.63, 3.8) is 0 Å². The Bertz CT molecular complexity index is 574. The largest absolute Gasteiger partial charge is 0.392 e. The molecule has 100 valence electrons. The fraction of sp³-hybridized carbons (Fsp3) is 0.200. The van der Waals surface area contributed by atoms with Crippen LogP contribution in [0.15, 0.2) is 46.9 Å². The molecule has 1 unspecified atom stereocenters. The average molecular weight is 344 g/mol. The number of hydrogen-bond acceptors (Lipinski definition) is 1. The van der Waals surface area contributed by atoms with Crippen molar-refractivity contribution in [3.8, 4) is 0 Å². The summed E-state index contributed by atoms with van der Waals surface area (Å²) in [6.45, 7) is 0. The van der Waals surface area contributed by atoms with Crippen molar-refractivity contribution in [1.82, 2.24) is 0 Å². The highest BCUT2D eigenvalue weighted by atomic mass is 79.9. The number of aliphatic hydroxyl groups is 1. The highest BCUT2D eigenvalue weighted by Crippen LogP contribution is 2.20. The van der Waals surface area contributed by atoms with Crippen LogP contribution in [0.25, 0.3) is 0 Å². The Balaban J connectivity index is 2.03. The molecule has 0 aromatic heterocycles. The van der Waals surface area contributed by atoms with E-state index in [2.05, 4.69) is 15.9 Å². The van der Waals surface area contributed by atoms with Gasteiger partial charge < -0.3 is 5.11 Å². The summed E-state index contributed by atoms with van der Waals surface area (Å²) in [5.41, 5.74) is 1.87. The van der Waals surface area contributed by atoms with E-state index in [4.69, 9.17) is 11.6 Å². The third-order valence-electron chi connectivity index (χ3n) is 2.87. The zero-order chi connectivity index (χ0) is 13.8. The second-order valence-electron chi connectivity index (χ2n) is 4.40. The van der Waals surface area contributed by atoms with E-state index in [0.29, 0.717) is 12.8 Å². The zero-order valence-corrected chi connectivity index (χ0v) is 12.5. The molecule has 1 N–H and O–H groups in total. The van der Waals surface area contributed by atoms with Gasteiger partial charge in [-0.2, -0.15) is 0 Å². The minimum atomic E-state index is -0.528. The fourth-order valence-corrected chi connectivity index (χ4v) is 2.58. The number of halogens is 3. The lowest BCUT2D eigenvalue weighted by atomic mass is 10.0. The molecule has 2 aromatic rings. The minimum absolute atomic E-state index is 0.0885. The molecule has 0 spiro atoms. The van der Waals surface area contributed by atoms with E-state index >= 15 is 0 Å². The van der Waals surface area contributed by atoms with Gasteiger partial charge in [0.2, 0.25) is 0 Å². The van der Waals surface area contributed by atoms with Crippen molar-refractivity contribution in [1.29, 1.82) is 0 Å². The van der Waals surface area contributed by atoms with Crippen LogP contribution in [0.2, 0.25) is 5.02 Å². The molecule has 0 aliphatic heterocycles. The maximum Gasteiger partial charge on any atom is 0.141 e. The standard InChI is InChI=1S/C15H13BrClFO/c16-13-4-2-1-3-11(13)9-12(19)7-10-5-6-15(18)14(17)8-10/h1-6,8,12,19H,7,9H2. The lowest BCUT2D eigenvalue weighted by molar-refractivity contribution is 0.175. The first kappa shape index (κ1) is 14.5. The van der Waals surface area contributed by atoms with Crippen LogP contribution in [0.4, 0.5) is 4.39 Å². The van der Waals surface area contributed by atoms with Crippen LogP contribution in [0.1, 0.15) is 11.1 Å². The van der Waals surface area contributed by atoms with Gasteiger partial charge >= 0.3 is 0 Å². The molecule has 0 radical (unpaired) electrons. The Hall–Kier alpha value is -0.900. The van der Waals surface area contributed by atoms with Gasteiger partial charge in [-0.3, -0.25) is 0 Å². The van der Waals surface area contributed by atoms with Crippen LogP contribution in [0.3, 0.4) is 0 Å². The monoisotopic (exact) mass is 342 g/mol. The summed E-state index contributed by atoms with van der Waals surface area (Å²) in [7, 11) is 0. The van der Waals surface area contributed by atoms with E-state index in [9.17, 15) is 9.50 Å². The highest BCUT2D eigenvalue weighted by molar-refractivity contribution is 9.10. The van der Waals surface area contributed by atoms with Crippen molar-refractivity contribution in [2.75, 3.05) is 0 Å². The van der Waals surface area contributed by atoms with E-state index in [1.54, 1.807) is 12.1 Å². The van der Waals surface area contributed by atoms with Crippen LogP contribution in [0.5, 0.6) is 0 Å². The minimum Gasteiger partial charge on any atom is -0.392 e. The third kappa shape index (κ3) is 4.03. The van der Waals surface area contributed by atoms with Crippen molar-refractivity contribution in [2.45, 2.75) is 18.9 Å². The average Bonchev–Trinajstić information content (AvgIpc) is 2.37. The molecule has 4 heteroatoms. The van der Waals surface area contributed by atoms with Crippen molar-refractivity contribution >= 4 is 27.5 Å². The predicted octanol–water partition coefficient (Wildman–Crippen LogP) is 4.39. The quantitative estimate of drug-likeness (QED) is 0.873. The van der Waals surface area contributed by atoms with Gasteiger partial charge in [-0.1, -0.05) is 51.8 Å². The zero-order valence-electron chi connectivity index (χ0n) is 10.1. The first-order valence-corrected chi connectivity index (χ1v) is 7.09. The molecule has 2 rings (SSSR count). The third-order valence-corrected chi connectivity index (χ3v) is 3.93. The maximum absolute atomic E-state index is 13.0. The second kappa shape index (κ2) is 6.51. The second-order valence-corrected chi connectivity index (χ2v) is 5.66. The van der Waals surface area contributed by atoms with Gasteiger partial charge in [-0.15, -0.1) is 0 Å². The number of aliphatic hydroxyl groups excluding tert-OH is 1. The number of benzene rings is 2. The van der Waals surface area contributed by atoms with Gasteiger partial charge in [0.1, 0.15) is 5.82 Å². The number of hydrogen-bond donors (Lipinski definition) is 1. The SMILES string of the molecule is OC(Cc1ccc(F)c(Cl)c1)Cc1ccccc1Br. The normalized spacial score (nSPS) is 12.4. The van der Waals surface area contributed by atoms with Gasteiger partial charge in [-0.05, 0) is 42.2 Å². The molecule has 0 saturated carbocycles. The van der Waals surface area contributed by atoms with E-state index in [-0.39, 0.29) is 5.02 Å².